The summed E-state index contributed by atoms with van der Waals surface area (Å²) < 4.78 is 7.49. The zero-order valence-electron chi connectivity index (χ0n) is 14.4. The molecule has 1 aliphatic rings. The third-order valence-corrected chi connectivity index (χ3v) is 4.82. The second-order valence-corrected chi connectivity index (χ2v) is 6.42. The van der Waals surface area contributed by atoms with Gasteiger partial charge in [0.15, 0.2) is 0 Å². The number of nitrogens with zero attached hydrogens (tertiary/aromatic N) is 3. The summed E-state index contributed by atoms with van der Waals surface area (Å²) in [4.78, 5) is 19.1. The average molecular weight is 327 g/mol. The summed E-state index contributed by atoms with van der Waals surface area (Å²) in [5.74, 6) is 0.190. The van der Waals surface area contributed by atoms with E-state index in [1.807, 2.05) is 29.6 Å². The molecule has 5 heteroatoms. The van der Waals surface area contributed by atoms with E-state index < -0.39 is 0 Å². The van der Waals surface area contributed by atoms with Gasteiger partial charge in [-0.15, -0.1) is 0 Å². The van der Waals surface area contributed by atoms with Gasteiger partial charge >= 0.3 is 0 Å². The lowest BCUT2D eigenvalue weighted by molar-refractivity contribution is -0.135. The summed E-state index contributed by atoms with van der Waals surface area (Å²) in [5.41, 5.74) is 3.58. The van der Waals surface area contributed by atoms with Crippen LogP contribution in [-0.2, 0) is 29.0 Å². The van der Waals surface area contributed by atoms with Crippen molar-refractivity contribution < 1.29 is 9.53 Å². The molecule has 3 rings (SSSR count). The molecule has 2 aromatic rings. The lowest BCUT2D eigenvalue weighted by Gasteiger charge is -2.29. The highest BCUT2D eigenvalue weighted by molar-refractivity contribution is 5.77. The number of hydrogen-bond donors (Lipinski definition) is 0. The Morgan fingerprint density at radius 3 is 3.00 bits per heavy atom. The molecule has 1 atom stereocenters. The normalized spacial score (nSPS) is 17.4. The van der Waals surface area contributed by atoms with E-state index in [0.29, 0.717) is 19.6 Å². The van der Waals surface area contributed by atoms with Crippen LogP contribution < -0.4 is 0 Å². The maximum Gasteiger partial charge on any atom is 0.223 e. The van der Waals surface area contributed by atoms with Crippen molar-refractivity contribution in [1.82, 2.24) is 14.5 Å². The quantitative estimate of drug-likeness (QED) is 0.848. The monoisotopic (exact) mass is 327 g/mol. The lowest BCUT2D eigenvalue weighted by atomic mass is 10.0. The van der Waals surface area contributed by atoms with Crippen LogP contribution in [0.3, 0.4) is 0 Å². The summed E-state index contributed by atoms with van der Waals surface area (Å²) >= 11 is 0. The van der Waals surface area contributed by atoms with Crippen molar-refractivity contribution in [3.05, 3.63) is 53.6 Å². The molecule has 1 unspecified atom stereocenters. The lowest BCUT2D eigenvalue weighted by Crippen LogP contribution is -2.41. The molecule has 0 saturated heterocycles. The van der Waals surface area contributed by atoms with Crippen molar-refractivity contribution in [2.24, 2.45) is 0 Å². The molecular formula is C19H25N3O2. The Morgan fingerprint density at radius 1 is 1.38 bits per heavy atom. The van der Waals surface area contributed by atoms with E-state index in [9.17, 15) is 4.79 Å². The van der Waals surface area contributed by atoms with Gasteiger partial charge in [-0.05, 0) is 30.9 Å². The summed E-state index contributed by atoms with van der Waals surface area (Å²) in [6, 6.07) is 8.39. The zero-order chi connectivity index (χ0) is 16.9. The smallest absolute Gasteiger partial charge is 0.223 e. The molecule has 0 aliphatic carbocycles. The molecule has 5 nitrogen and oxygen atoms in total. The molecule has 1 aromatic heterocycles. The van der Waals surface area contributed by atoms with E-state index in [-0.39, 0.29) is 11.9 Å². The van der Waals surface area contributed by atoms with Crippen molar-refractivity contribution in [3.8, 4) is 0 Å². The van der Waals surface area contributed by atoms with Crippen LogP contribution in [-0.4, -0.2) is 40.1 Å². The number of amides is 1. The van der Waals surface area contributed by atoms with Crippen LogP contribution >= 0.6 is 0 Å². The topological polar surface area (TPSA) is 47.4 Å². The van der Waals surface area contributed by atoms with Gasteiger partial charge in [0, 0.05) is 26.3 Å². The highest BCUT2D eigenvalue weighted by Gasteiger charge is 2.27. The highest BCUT2D eigenvalue weighted by Crippen LogP contribution is 2.20. The number of fused-ring (bicyclic) bond motifs is 1. The maximum absolute atomic E-state index is 12.9. The Labute approximate surface area is 143 Å². The second kappa shape index (κ2) is 7.62. The number of aryl methyl sites for hydroxylation is 3. The number of rotatable bonds is 5. The summed E-state index contributed by atoms with van der Waals surface area (Å²) in [5, 5.41) is 0. The number of ether oxygens (including phenoxy) is 1. The third kappa shape index (κ3) is 3.67. The minimum Gasteiger partial charge on any atom is -0.383 e. The van der Waals surface area contributed by atoms with Gasteiger partial charge in [-0.25, -0.2) is 4.98 Å². The highest BCUT2D eigenvalue weighted by atomic mass is 16.5. The minimum atomic E-state index is 0.124. The van der Waals surface area contributed by atoms with Crippen LogP contribution in [0.2, 0.25) is 0 Å². The summed E-state index contributed by atoms with van der Waals surface area (Å²) in [7, 11) is 1.70. The first-order valence-electron chi connectivity index (χ1n) is 8.51. The third-order valence-electron chi connectivity index (χ3n) is 4.82. The Hall–Kier alpha value is -2.14. The molecule has 0 radical (unpaired) electrons. The van der Waals surface area contributed by atoms with E-state index in [4.69, 9.17) is 4.74 Å². The van der Waals surface area contributed by atoms with E-state index in [1.54, 1.807) is 7.11 Å². The van der Waals surface area contributed by atoms with Crippen LogP contribution in [0.15, 0.2) is 36.8 Å². The van der Waals surface area contributed by atoms with E-state index in [1.165, 1.54) is 11.1 Å². The first-order chi connectivity index (χ1) is 11.7. The molecular weight excluding hydrogens is 302 g/mol. The van der Waals surface area contributed by atoms with Crippen LogP contribution in [0.25, 0.3) is 0 Å². The molecule has 2 heterocycles. The van der Waals surface area contributed by atoms with Gasteiger partial charge in [-0.2, -0.15) is 0 Å². The predicted octanol–water partition coefficient (Wildman–Crippen LogP) is 2.57. The fourth-order valence-corrected chi connectivity index (χ4v) is 3.36. The van der Waals surface area contributed by atoms with Gasteiger partial charge in [-0.1, -0.05) is 24.3 Å². The van der Waals surface area contributed by atoms with E-state index in [2.05, 4.69) is 28.6 Å². The van der Waals surface area contributed by atoms with Crippen LogP contribution in [0.5, 0.6) is 0 Å². The Balaban J connectivity index is 1.71. The molecule has 0 fully saturated rings. The molecule has 0 spiro atoms. The fraction of sp³-hybridized carbons (Fsp3) is 0.474. The zero-order valence-corrected chi connectivity index (χ0v) is 14.4. The number of carbonyl (C=O) groups excluding carboxylic acids is 1. The van der Waals surface area contributed by atoms with Crippen molar-refractivity contribution >= 4 is 5.91 Å². The van der Waals surface area contributed by atoms with Gasteiger partial charge < -0.3 is 14.2 Å². The van der Waals surface area contributed by atoms with Crippen LogP contribution in [0, 0.1) is 6.92 Å². The standard InChI is InChI=1S/C19H25N3O2/c1-15-5-3-4-6-16(15)7-8-19(23)22-12-18-11-20-14-21(18)10-9-17(22)13-24-2/h3-6,11,14,17H,7-10,12-13H2,1-2H3. The second-order valence-electron chi connectivity index (χ2n) is 6.42. The van der Waals surface area contributed by atoms with Gasteiger partial charge in [0.2, 0.25) is 5.91 Å². The number of hydrogen-bond acceptors (Lipinski definition) is 3. The molecule has 24 heavy (non-hydrogen) atoms. The van der Waals surface area contributed by atoms with E-state index >= 15 is 0 Å². The molecule has 1 aromatic carbocycles. The maximum atomic E-state index is 12.9. The van der Waals surface area contributed by atoms with Gasteiger partial charge in [0.25, 0.3) is 0 Å². The van der Waals surface area contributed by atoms with Crippen LogP contribution in [0.4, 0.5) is 0 Å². The van der Waals surface area contributed by atoms with Crippen LogP contribution in [0.1, 0.15) is 29.7 Å². The Morgan fingerprint density at radius 2 is 2.21 bits per heavy atom. The summed E-state index contributed by atoms with van der Waals surface area (Å²) in [6.45, 7) is 4.16. The first-order valence-corrected chi connectivity index (χ1v) is 8.51. The van der Waals surface area contributed by atoms with Crippen molar-refractivity contribution in [3.63, 3.8) is 0 Å². The molecule has 1 amide bonds. The number of benzene rings is 1. The largest absolute Gasteiger partial charge is 0.383 e. The van der Waals surface area contributed by atoms with Gasteiger partial charge in [-0.3, -0.25) is 4.79 Å². The molecule has 128 valence electrons. The number of methoxy groups -OCH3 is 1. The number of aromatic nitrogens is 2. The van der Waals surface area contributed by atoms with Crippen molar-refractivity contribution in [2.75, 3.05) is 13.7 Å². The molecule has 0 bridgehead atoms. The Kier molecular flexibility index (Phi) is 5.30. The van der Waals surface area contributed by atoms with Crippen molar-refractivity contribution in [2.45, 2.75) is 45.3 Å². The number of carbonyl (C=O) groups is 1. The number of imidazole rings is 1. The minimum absolute atomic E-state index is 0.124. The molecule has 0 N–H and O–H groups in total. The van der Waals surface area contributed by atoms with Gasteiger partial charge in [0.05, 0.1) is 31.2 Å². The van der Waals surface area contributed by atoms with Crippen molar-refractivity contribution in [1.29, 1.82) is 0 Å². The SMILES string of the molecule is COCC1CCn2cncc2CN1C(=O)CCc1ccccc1C. The summed E-state index contributed by atoms with van der Waals surface area (Å²) in [6.07, 6.45) is 5.91. The predicted molar refractivity (Wildman–Crippen MR) is 92.6 cm³/mol. The fourth-order valence-electron chi connectivity index (χ4n) is 3.36. The molecule has 1 aliphatic heterocycles. The Bertz CT molecular complexity index is 695. The average Bonchev–Trinajstić information content (AvgIpc) is 2.96. The van der Waals surface area contributed by atoms with Gasteiger partial charge in [0.1, 0.15) is 0 Å². The first kappa shape index (κ1) is 16.7. The molecule has 0 saturated carbocycles. The van der Waals surface area contributed by atoms with E-state index in [0.717, 1.165) is 25.1 Å².